The second kappa shape index (κ2) is 14.3. The summed E-state index contributed by atoms with van der Waals surface area (Å²) in [5.74, 6) is -0.692. The van der Waals surface area contributed by atoms with Gasteiger partial charge in [0.1, 0.15) is 0 Å². The first kappa shape index (κ1) is 17.7. The molecule has 6 nitrogen and oxygen atoms in total. The van der Waals surface area contributed by atoms with Crippen molar-refractivity contribution in [3.05, 3.63) is 25.3 Å². The van der Waals surface area contributed by atoms with Crippen LogP contribution in [0.4, 0.5) is 0 Å². The molecule has 0 aliphatic carbocycles. The van der Waals surface area contributed by atoms with Gasteiger partial charge >= 0.3 is 5.97 Å². The van der Waals surface area contributed by atoms with Crippen molar-refractivity contribution >= 4 is 11.9 Å². The number of amides is 1. The number of nitrogens with one attached hydrogen (secondary N) is 1. The van der Waals surface area contributed by atoms with Crippen LogP contribution in [-0.4, -0.2) is 48.5 Å². The number of carbonyl (C=O) groups is 2. The van der Waals surface area contributed by atoms with Crippen LogP contribution in [0.1, 0.15) is 6.42 Å². The predicted octanol–water partition coefficient (Wildman–Crippen LogP) is -0.621. The fourth-order valence-electron chi connectivity index (χ4n) is 0.548. The van der Waals surface area contributed by atoms with E-state index in [-0.39, 0.29) is 25.7 Å². The van der Waals surface area contributed by atoms with Crippen LogP contribution in [-0.2, 0) is 14.3 Å². The van der Waals surface area contributed by atoms with E-state index >= 15 is 0 Å². The monoisotopic (exact) mass is 245 g/mol. The zero-order valence-electron chi connectivity index (χ0n) is 9.72. The first-order valence-electron chi connectivity index (χ1n) is 5.03. The van der Waals surface area contributed by atoms with Gasteiger partial charge in [-0.15, -0.1) is 0 Å². The Morgan fingerprint density at radius 2 is 1.82 bits per heavy atom. The Balaban J connectivity index is 0. The first-order valence-corrected chi connectivity index (χ1v) is 5.03. The van der Waals surface area contributed by atoms with Crippen LogP contribution in [0.2, 0.25) is 0 Å². The van der Waals surface area contributed by atoms with E-state index in [1.54, 1.807) is 0 Å². The molecule has 0 atom stereocenters. The molecule has 0 radical (unpaired) electrons. The minimum atomic E-state index is -0.441. The summed E-state index contributed by atoms with van der Waals surface area (Å²) in [6.45, 7) is 7.00. The van der Waals surface area contributed by atoms with Crippen LogP contribution in [0.25, 0.3) is 0 Å². The van der Waals surface area contributed by atoms with E-state index in [2.05, 4.69) is 23.2 Å². The molecule has 0 spiro atoms. The molecule has 0 fully saturated rings. The normalized spacial score (nSPS) is 8.35. The third kappa shape index (κ3) is 17.0. The molecule has 0 saturated heterocycles. The Labute approximate surface area is 101 Å². The Bertz CT molecular complexity index is 240. The molecular formula is C11H19NO5. The second-order valence-electron chi connectivity index (χ2n) is 2.67. The van der Waals surface area contributed by atoms with Crippen molar-refractivity contribution in [1.29, 1.82) is 0 Å². The van der Waals surface area contributed by atoms with Gasteiger partial charge in [0.25, 0.3) is 0 Å². The molecule has 3 N–H and O–H groups in total. The molecular weight excluding hydrogens is 226 g/mol. The molecule has 0 rings (SSSR count). The number of esters is 1. The van der Waals surface area contributed by atoms with Gasteiger partial charge in [-0.3, -0.25) is 4.79 Å². The molecule has 0 saturated carbocycles. The summed E-state index contributed by atoms with van der Waals surface area (Å²) in [6, 6.07) is 0. The zero-order chi connectivity index (χ0) is 13.5. The van der Waals surface area contributed by atoms with Gasteiger partial charge in [0.05, 0.1) is 13.2 Å². The Kier molecular flexibility index (Phi) is 15.0. The molecule has 98 valence electrons. The van der Waals surface area contributed by atoms with E-state index in [9.17, 15) is 9.59 Å². The Hall–Kier alpha value is -1.66. The van der Waals surface area contributed by atoms with Gasteiger partial charge in [-0.2, -0.15) is 0 Å². The summed E-state index contributed by atoms with van der Waals surface area (Å²) in [5, 5.41) is 18.8. The lowest BCUT2D eigenvalue weighted by Crippen LogP contribution is -2.23. The number of hydrogen-bond donors (Lipinski definition) is 3. The lowest BCUT2D eigenvalue weighted by atomic mass is 10.5. The average molecular weight is 245 g/mol. The molecule has 0 aromatic heterocycles. The quantitative estimate of drug-likeness (QED) is 0.315. The van der Waals surface area contributed by atoms with Gasteiger partial charge in [-0.1, -0.05) is 13.2 Å². The standard InChI is InChI=1S/C6H10O3.C5H9NO2/c1-2-6(8)9-5-3-4-7;1-2-5(8)6-3-4-7/h2,7H,1,3-5H2;2,7H,1,3-4H2,(H,6,8). The Morgan fingerprint density at radius 3 is 2.24 bits per heavy atom. The van der Waals surface area contributed by atoms with Crippen LogP contribution in [0.15, 0.2) is 25.3 Å². The number of carbonyl (C=O) groups excluding carboxylic acids is 2. The molecule has 17 heavy (non-hydrogen) atoms. The maximum atomic E-state index is 10.3. The van der Waals surface area contributed by atoms with Gasteiger partial charge in [0, 0.05) is 25.6 Å². The van der Waals surface area contributed by atoms with Crippen molar-refractivity contribution in [3.63, 3.8) is 0 Å². The zero-order valence-corrected chi connectivity index (χ0v) is 9.72. The van der Waals surface area contributed by atoms with Gasteiger partial charge in [0.2, 0.25) is 5.91 Å². The van der Waals surface area contributed by atoms with Crippen LogP contribution in [0.3, 0.4) is 0 Å². The van der Waals surface area contributed by atoms with Gasteiger partial charge in [-0.25, -0.2) is 4.79 Å². The summed E-state index contributed by atoms with van der Waals surface area (Å²) in [7, 11) is 0. The first-order chi connectivity index (χ1) is 8.12. The molecule has 0 aromatic carbocycles. The fraction of sp³-hybridized carbons (Fsp3) is 0.455. The maximum Gasteiger partial charge on any atom is 0.330 e. The number of rotatable bonds is 7. The van der Waals surface area contributed by atoms with E-state index in [0.29, 0.717) is 13.0 Å². The van der Waals surface area contributed by atoms with E-state index < -0.39 is 5.97 Å². The van der Waals surface area contributed by atoms with E-state index in [1.807, 2.05) is 0 Å². The molecule has 0 bridgehead atoms. The number of aliphatic hydroxyl groups is 2. The summed E-state index contributed by atoms with van der Waals surface area (Å²) in [5.41, 5.74) is 0. The fourth-order valence-corrected chi connectivity index (χ4v) is 0.548. The average Bonchev–Trinajstić information content (AvgIpc) is 2.36. The minimum absolute atomic E-state index is 0.0282. The van der Waals surface area contributed by atoms with Gasteiger partial charge in [-0.05, 0) is 6.08 Å². The molecule has 0 aromatic rings. The van der Waals surface area contributed by atoms with E-state index in [0.717, 1.165) is 12.2 Å². The summed E-state index contributed by atoms with van der Waals surface area (Å²) in [6.07, 6.45) is 2.74. The SMILES string of the molecule is C=CC(=O)NCCO.C=CC(=O)OCCCO. The van der Waals surface area contributed by atoms with Crippen LogP contribution in [0.5, 0.6) is 0 Å². The molecule has 0 aliphatic heterocycles. The smallest absolute Gasteiger partial charge is 0.330 e. The topological polar surface area (TPSA) is 95.9 Å². The highest BCUT2D eigenvalue weighted by atomic mass is 16.5. The van der Waals surface area contributed by atoms with Crippen molar-refractivity contribution in [3.8, 4) is 0 Å². The Morgan fingerprint density at radius 1 is 1.18 bits per heavy atom. The van der Waals surface area contributed by atoms with Crippen molar-refractivity contribution in [2.24, 2.45) is 0 Å². The summed E-state index contributed by atoms with van der Waals surface area (Å²) in [4.78, 5) is 20.5. The van der Waals surface area contributed by atoms with Crippen molar-refractivity contribution in [1.82, 2.24) is 5.32 Å². The predicted molar refractivity (Wildman–Crippen MR) is 63.2 cm³/mol. The molecule has 0 heterocycles. The van der Waals surface area contributed by atoms with Crippen LogP contribution < -0.4 is 5.32 Å². The van der Waals surface area contributed by atoms with Crippen LogP contribution in [0, 0.1) is 0 Å². The molecule has 1 amide bonds. The number of hydrogen-bond acceptors (Lipinski definition) is 5. The molecule has 0 unspecified atom stereocenters. The van der Waals surface area contributed by atoms with Crippen LogP contribution >= 0.6 is 0 Å². The third-order valence-electron chi connectivity index (χ3n) is 1.31. The van der Waals surface area contributed by atoms with Gasteiger partial charge in [0.15, 0.2) is 0 Å². The maximum absolute atomic E-state index is 10.3. The number of ether oxygens (including phenoxy) is 1. The highest BCUT2D eigenvalue weighted by Crippen LogP contribution is 1.82. The molecule has 0 aliphatic rings. The van der Waals surface area contributed by atoms with Crippen molar-refractivity contribution in [2.75, 3.05) is 26.4 Å². The highest BCUT2D eigenvalue weighted by Gasteiger charge is 1.91. The highest BCUT2D eigenvalue weighted by molar-refractivity contribution is 5.86. The molecule has 6 heteroatoms. The van der Waals surface area contributed by atoms with E-state index in [4.69, 9.17) is 10.2 Å². The third-order valence-corrected chi connectivity index (χ3v) is 1.31. The minimum Gasteiger partial charge on any atom is -0.462 e. The summed E-state index contributed by atoms with van der Waals surface area (Å²) < 4.78 is 4.51. The number of aliphatic hydroxyl groups excluding tert-OH is 2. The lowest BCUT2D eigenvalue weighted by molar-refractivity contribution is -0.138. The lowest BCUT2D eigenvalue weighted by Gasteiger charge is -1.96. The van der Waals surface area contributed by atoms with Crippen molar-refractivity contribution < 1.29 is 24.5 Å². The summed E-state index contributed by atoms with van der Waals surface area (Å²) >= 11 is 0. The largest absolute Gasteiger partial charge is 0.462 e. The van der Waals surface area contributed by atoms with Crippen molar-refractivity contribution in [2.45, 2.75) is 6.42 Å². The second-order valence-corrected chi connectivity index (χ2v) is 2.67. The van der Waals surface area contributed by atoms with E-state index in [1.165, 1.54) is 0 Å². The van der Waals surface area contributed by atoms with Gasteiger partial charge < -0.3 is 20.3 Å².